The lowest BCUT2D eigenvalue weighted by Crippen LogP contribution is -2.43. The summed E-state index contributed by atoms with van der Waals surface area (Å²) >= 11 is 0. The van der Waals surface area contributed by atoms with Gasteiger partial charge in [0, 0.05) is 6.04 Å². The first kappa shape index (κ1) is 12.7. The molecule has 1 aromatic rings. The highest BCUT2D eigenvalue weighted by atomic mass is 32.2. The monoisotopic (exact) mass is 270 g/mol. The summed E-state index contributed by atoms with van der Waals surface area (Å²) < 4.78 is 22.9. The Balaban J connectivity index is 2.01. The van der Waals surface area contributed by atoms with Gasteiger partial charge in [-0.1, -0.05) is 0 Å². The molecule has 7 nitrogen and oxygen atoms in total. The third-order valence-electron chi connectivity index (χ3n) is 2.72. The molecule has 1 aromatic heterocycles. The number of aromatic nitrogens is 2. The number of hydrogen-bond donors (Lipinski definition) is 2. The topological polar surface area (TPSA) is 115 Å². The first-order valence-corrected chi connectivity index (χ1v) is 7.39. The van der Waals surface area contributed by atoms with Crippen LogP contribution >= 0.6 is 0 Å². The summed E-state index contributed by atoms with van der Waals surface area (Å²) in [5.41, 5.74) is 5.49. The van der Waals surface area contributed by atoms with Gasteiger partial charge in [-0.2, -0.15) is 0 Å². The Morgan fingerprint density at radius 2 is 2.17 bits per heavy atom. The van der Waals surface area contributed by atoms with Crippen molar-refractivity contribution in [1.29, 1.82) is 0 Å². The van der Waals surface area contributed by atoms with Crippen molar-refractivity contribution in [2.75, 3.05) is 17.2 Å². The number of nitrogens with zero attached hydrogens (tertiary/aromatic N) is 2. The molecule has 1 saturated heterocycles. The number of anilines is 1. The molecule has 2 rings (SSSR count). The summed E-state index contributed by atoms with van der Waals surface area (Å²) in [6, 6.07) is 2.57. The van der Waals surface area contributed by atoms with Gasteiger partial charge in [-0.15, -0.1) is 10.2 Å². The van der Waals surface area contributed by atoms with Gasteiger partial charge < -0.3 is 11.1 Å². The Morgan fingerprint density at radius 3 is 2.78 bits per heavy atom. The van der Waals surface area contributed by atoms with Crippen molar-refractivity contribution in [2.45, 2.75) is 18.9 Å². The predicted octanol–water partition coefficient (Wildman–Crippen LogP) is -0.634. The molecule has 18 heavy (non-hydrogen) atoms. The zero-order valence-corrected chi connectivity index (χ0v) is 10.5. The number of nitrogens with one attached hydrogen (secondary N) is 1. The second-order valence-corrected chi connectivity index (χ2v) is 6.50. The van der Waals surface area contributed by atoms with Crippen molar-refractivity contribution in [2.24, 2.45) is 0 Å². The zero-order chi connectivity index (χ0) is 13.2. The number of carbonyl (C=O) groups excluding carboxylic acids is 1. The molecule has 0 saturated carbocycles. The largest absolute Gasteiger partial charge is 0.382 e. The summed E-state index contributed by atoms with van der Waals surface area (Å²) in [5, 5.41) is 9.86. The highest BCUT2D eigenvalue weighted by molar-refractivity contribution is 7.91. The van der Waals surface area contributed by atoms with E-state index in [-0.39, 0.29) is 29.1 Å². The molecule has 0 aromatic carbocycles. The minimum absolute atomic E-state index is 0.0128. The van der Waals surface area contributed by atoms with E-state index in [0.29, 0.717) is 12.8 Å². The average molecular weight is 270 g/mol. The Hall–Kier alpha value is -1.70. The lowest BCUT2D eigenvalue weighted by atomic mass is 10.2. The molecule has 2 heterocycles. The smallest absolute Gasteiger partial charge is 0.272 e. The van der Waals surface area contributed by atoms with Crippen LogP contribution in [0.15, 0.2) is 12.1 Å². The van der Waals surface area contributed by atoms with E-state index in [0.717, 1.165) is 0 Å². The maximum Gasteiger partial charge on any atom is 0.272 e. The standard InChI is InChI=1S/C10H14N4O3S/c11-9-4-3-8(13-14-9)10(15)12-7-2-1-5-18(16,17)6-7/h3-4,7H,1-2,5-6H2,(H2,11,14)(H,12,15). The first-order valence-electron chi connectivity index (χ1n) is 5.57. The van der Waals surface area contributed by atoms with Gasteiger partial charge in [-0.25, -0.2) is 8.42 Å². The van der Waals surface area contributed by atoms with E-state index >= 15 is 0 Å². The number of nitrogens with two attached hydrogens (primary N) is 1. The molecule has 1 amide bonds. The van der Waals surface area contributed by atoms with Gasteiger partial charge in [0.15, 0.2) is 15.5 Å². The third kappa shape index (κ3) is 3.16. The molecule has 1 aliphatic heterocycles. The fourth-order valence-corrected chi connectivity index (χ4v) is 3.50. The van der Waals surface area contributed by atoms with Crippen molar-refractivity contribution in [3.8, 4) is 0 Å². The number of hydrogen-bond acceptors (Lipinski definition) is 6. The molecule has 1 fully saturated rings. The van der Waals surface area contributed by atoms with E-state index in [1.165, 1.54) is 12.1 Å². The summed E-state index contributed by atoms with van der Waals surface area (Å²) in [5.74, 6) is -0.0151. The maximum absolute atomic E-state index is 11.8. The van der Waals surface area contributed by atoms with Gasteiger partial charge in [0.1, 0.15) is 5.82 Å². The Labute approximate surface area is 105 Å². The van der Waals surface area contributed by atoms with Gasteiger partial charge >= 0.3 is 0 Å². The van der Waals surface area contributed by atoms with Gasteiger partial charge in [0.25, 0.3) is 5.91 Å². The number of amides is 1. The predicted molar refractivity (Wildman–Crippen MR) is 65.6 cm³/mol. The van der Waals surface area contributed by atoms with E-state index in [1.54, 1.807) is 0 Å². The van der Waals surface area contributed by atoms with Crippen molar-refractivity contribution in [1.82, 2.24) is 15.5 Å². The number of carbonyl (C=O) groups is 1. The Morgan fingerprint density at radius 1 is 1.39 bits per heavy atom. The molecular formula is C10H14N4O3S. The first-order chi connectivity index (χ1) is 8.46. The highest BCUT2D eigenvalue weighted by Gasteiger charge is 2.26. The van der Waals surface area contributed by atoms with E-state index in [1.807, 2.05) is 0 Å². The van der Waals surface area contributed by atoms with Gasteiger partial charge in [-0.05, 0) is 25.0 Å². The van der Waals surface area contributed by atoms with Crippen molar-refractivity contribution in [3.05, 3.63) is 17.8 Å². The normalized spacial score (nSPS) is 22.3. The fraction of sp³-hybridized carbons (Fsp3) is 0.500. The van der Waals surface area contributed by atoms with Crippen LogP contribution in [0.25, 0.3) is 0 Å². The minimum atomic E-state index is -3.04. The Kier molecular flexibility index (Phi) is 3.46. The quantitative estimate of drug-likeness (QED) is 0.739. The summed E-state index contributed by atoms with van der Waals surface area (Å²) in [4.78, 5) is 11.8. The lowest BCUT2D eigenvalue weighted by Gasteiger charge is -2.22. The zero-order valence-electron chi connectivity index (χ0n) is 9.67. The summed E-state index contributed by atoms with van der Waals surface area (Å²) in [6.45, 7) is 0. The van der Waals surface area contributed by atoms with E-state index < -0.39 is 15.7 Å². The molecule has 0 spiro atoms. The van der Waals surface area contributed by atoms with Gasteiger partial charge in [-0.3, -0.25) is 4.79 Å². The lowest BCUT2D eigenvalue weighted by molar-refractivity contribution is 0.0932. The molecule has 3 N–H and O–H groups in total. The highest BCUT2D eigenvalue weighted by Crippen LogP contribution is 2.12. The van der Waals surface area contributed by atoms with Crippen molar-refractivity contribution < 1.29 is 13.2 Å². The summed E-state index contributed by atoms with van der Waals surface area (Å²) in [6.07, 6.45) is 1.23. The van der Waals surface area contributed by atoms with Crippen LogP contribution in [0.5, 0.6) is 0 Å². The number of nitrogen functional groups attached to an aromatic ring is 1. The fourth-order valence-electron chi connectivity index (χ4n) is 1.86. The second kappa shape index (κ2) is 4.89. The van der Waals surface area contributed by atoms with E-state index in [4.69, 9.17) is 5.73 Å². The second-order valence-electron chi connectivity index (χ2n) is 4.27. The van der Waals surface area contributed by atoms with Crippen LogP contribution in [0.3, 0.4) is 0 Å². The minimum Gasteiger partial charge on any atom is -0.382 e. The molecule has 0 radical (unpaired) electrons. The molecule has 0 bridgehead atoms. The van der Waals surface area contributed by atoms with Crippen LogP contribution in [0, 0.1) is 0 Å². The Bertz CT molecular complexity index is 541. The molecule has 1 unspecified atom stereocenters. The molecular weight excluding hydrogens is 256 g/mol. The molecule has 98 valence electrons. The van der Waals surface area contributed by atoms with Crippen LogP contribution in [-0.2, 0) is 9.84 Å². The van der Waals surface area contributed by atoms with Crippen LogP contribution in [-0.4, -0.2) is 42.1 Å². The molecule has 0 aliphatic carbocycles. The molecule has 8 heteroatoms. The number of sulfone groups is 1. The average Bonchev–Trinajstić information content (AvgIpc) is 2.28. The third-order valence-corrected chi connectivity index (χ3v) is 4.54. The van der Waals surface area contributed by atoms with Gasteiger partial charge in [0.05, 0.1) is 11.5 Å². The summed E-state index contributed by atoms with van der Waals surface area (Å²) in [7, 11) is -3.04. The maximum atomic E-state index is 11.8. The van der Waals surface area contributed by atoms with Crippen LogP contribution < -0.4 is 11.1 Å². The van der Waals surface area contributed by atoms with Crippen LogP contribution in [0.2, 0.25) is 0 Å². The van der Waals surface area contributed by atoms with E-state index in [9.17, 15) is 13.2 Å². The SMILES string of the molecule is Nc1ccc(C(=O)NC2CCCS(=O)(=O)C2)nn1. The molecule has 1 aliphatic rings. The number of rotatable bonds is 2. The van der Waals surface area contributed by atoms with Crippen LogP contribution in [0.4, 0.5) is 5.82 Å². The van der Waals surface area contributed by atoms with Crippen molar-refractivity contribution >= 4 is 21.6 Å². The van der Waals surface area contributed by atoms with Gasteiger partial charge in [0.2, 0.25) is 0 Å². The van der Waals surface area contributed by atoms with Crippen molar-refractivity contribution in [3.63, 3.8) is 0 Å². The molecule has 1 atom stereocenters. The van der Waals surface area contributed by atoms with E-state index in [2.05, 4.69) is 15.5 Å². The van der Waals surface area contributed by atoms with Crippen LogP contribution in [0.1, 0.15) is 23.3 Å².